The zero-order chi connectivity index (χ0) is 14.8. The fourth-order valence-electron chi connectivity index (χ4n) is 2.77. The van der Waals surface area contributed by atoms with Gasteiger partial charge in [0.25, 0.3) is 0 Å². The van der Waals surface area contributed by atoms with Gasteiger partial charge in [0.05, 0.1) is 0 Å². The molecule has 0 fully saturated rings. The lowest BCUT2D eigenvalue weighted by Crippen LogP contribution is -2.40. The Morgan fingerprint density at radius 3 is 1.95 bits per heavy atom. The molecule has 2 heteroatoms. The molecule has 2 N–H and O–H groups in total. The Hall–Kier alpha value is -1.67. The molecule has 0 bridgehead atoms. The molecule has 106 valence electrons. The van der Waals surface area contributed by atoms with Crippen LogP contribution in [0.3, 0.4) is 0 Å². The first kappa shape index (κ1) is 14.7. The van der Waals surface area contributed by atoms with Gasteiger partial charge in [-0.3, -0.25) is 0 Å². The number of benzene rings is 2. The summed E-state index contributed by atoms with van der Waals surface area (Å²) >= 11 is 0. The van der Waals surface area contributed by atoms with Gasteiger partial charge in [0.1, 0.15) is 5.82 Å². The minimum atomic E-state index is -0.335. The minimum Gasteiger partial charge on any atom is -0.325 e. The summed E-state index contributed by atoms with van der Waals surface area (Å²) in [6.07, 6.45) is 1.55. The van der Waals surface area contributed by atoms with Gasteiger partial charge >= 0.3 is 0 Å². The zero-order valence-electron chi connectivity index (χ0n) is 12.4. The molecule has 1 atom stereocenters. The molecule has 0 aliphatic heterocycles. The molecular weight excluding hydrogens is 249 g/mol. The van der Waals surface area contributed by atoms with Crippen molar-refractivity contribution in [2.75, 3.05) is 0 Å². The number of rotatable bonds is 4. The Kier molecular flexibility index (Phi) is 4.24. The molecule has 0 aliphatic carbocycles. The second-order valence-corrected chi connectivity index (χ2v) is 6.13. The highest BCUT2D eigenvalue weighted by molar-refractivity contribution is 5.30. The molecule has 1 unspecified atom stereocenters. The van der Waals surface area contributed by atoms with Gasteiger partial charge in [0, 0.05) is 5.54 Å². The smallest absolute Gasteiger partial charge is 0.123 e. The quantitative estimate of drug-likeness (QED) is 0.895. The third-order valence-electron chi connectivity index (χ3n) is 3.41. The van der Waals surface area contributed by atoms with E-state index in [4.69, 9.17) is 5.73 Å². The van der Waals surface area contributed by atoms with Crippen LogP contribution in [0.4, 0.5) is 4.39 Å². The number of halogens is 1. The molecular formula is C18H22FN. The van der Waals surface area contributed by atoms with Crippen LogP contribution in [0.1, 0.15) is 29.2 Å². The van der Waals surface area contributed by atoms with Crippen molar-refractivity contribution >= 4 is 0 Å². The maximum atomic E-state index is 12.9. The molecule has 0 saturated heterocycles. The Labute approximate surface area is 120 Å². The van der Waals surface area contributed by atoms with Crippen molar-refractivity contribution in [3.63, 3.8) is 0 Å². The minimum absolute atomic E-state index is 0.207. The van der Waals surface area contributed by atoms with Crippen molar-refractivity contribution in [3.05, 3.63) is 70.5 Å². The molecule has 2 aromatic carbocycles. The van der Waals surface area contributed by atoms with Crippen LogP contribution in [0, 0.1) is 19.7 Å². The highest BCUT2D eigenvalue weighted by atomic mass is 19.1. The van der Waals surface area contributed by atoms with E-state index in [9.17, 15) is 4.39 Å². The number of nitrogens with two attached hydrogens (primary N) is 1. The van der Waals surface area contributed by atoms with Crippen LogP contribution in [0.5, 0.6) is 0 Å². The van der Waals surface area contributed by atoms with Gasteiger partial charge in [0.2, 0.25) is 0 Å². The molecule has 20 heavy (non-hydrogen) atoms. The van der Waals surface area contributed by atoms with Crippen molar-refractivity contribution < 1.29 is 4.39 Å². The topological polar surface area (TPSA) is 26.0 Å². The molecule has 2 rings (SSSR count). The molecule has 0 radical (unpaired) electrons. The standard InChI is InChI=1S/C18H22FN/c1-13-8-14(2)10-16(9-13)12-18(3,20)11-15-4-6-17(19)7-5-15/h4-10H,11-12,20H2,1-3H3. The van der Waals surface area contributed by atoms with E-state index < -0.39 is 0 Å². The van der Waals surface area contributed by atoms with E-state index in [1.807, 2.05) is 19.1 Å². The Bertz CT molecular complexity index is 565. The van der Waals surface area contributed by atoms with Crippen LogP contribution in [0.25, 0.3) is 0 Å². The lowest BCUT2D eigenvalue weighted by atomic mass is 9.86. The second kappa shape index (κ2) is 5.76. The molecule has 0 amide bonds. The lowest BCUT2D eigenvalue weighted by molar-refractivity contribution is 0.462. The molecule has 0 spiro atoms. The first-order chi connectivity index (χ1) is 9.34. The van der Waals surface area contributed by atoms with E-state index in [1.54, 1.807) is 0 Å². The SMILES string of the molecule is Cc1cc(C)cc(CC(C)(N)Cc2ccc(F)cc2)c1. The summed E-state index contributed by atoms with van der Waals surface area (Å²) in [7, 11) is 0. The van der Waals surface area contributed by atoms with Crippen molar-refractivity contribution in [2.45, 2.75) is 39.2 Å². The summed E-state index contributed by atoms with van der Waals surface area (Å²) in [5, 5.41) is 0. The van der Waals surface area contributed by atoms with E-state index in [0.717, 1.165) is 18.4 Å². The zero-order valence-corrected chi connectivity index (χ0v) is 12.4. The predicted molar refractivity (Wildman–Crippen MR) is 82.3 cm³/mol. The van der Waals surface area contributed by atoms with Crippen LogP contribution in [-0.4, -0.2) is 5.54 Å². The second-order valence-electron chi connectivity index (χ2n) is 6.13. The average molecular weight is 271 g/mol. The molecule has 0 heterocycles. The highest BCUT2D eigenvalue weighted by Gasteiger charge is 2.20. The summed E-state index contributed by atoms with van der Waals surface area (Å²) in [5.74, 6) is -0.207. The Balaban J connectivity index is 2.12. The van der Waals surface area contributed by atoms with Gasteiger partial charge in [-0.25, -0.2) is 4.39 Å². The molecule has 1 nitrogen and oxygen atoms in total. The van der Waals surface area contributed by atoms with Crippen LogP contribution < -0.4 is 5.73 Å². The number of hydrogen-bond acceptors (Lipinski definition) is 1. The predicted octanol–water partition coefficient (Wildman–Crippen LogP) is 3.95. The fraction of sp³-hybridized carbons (Fsp3) is 0.333. The lowest BCUT2D eigenvalue weighted by Gasteiger charge is -2.25. The van der Waals surface area contributed by atoms with Gasteiger partial charge in [-0.15, -0.1) is 0 Å². The Morgan fingerprint density at radius 1 is 0.900 bits per heavy atom. The summed E-state index contributed by atoms with van der Waals surface area (Å²) in [6, 6.07) is 13.1. The van der Waals surface area contributed by atoms with E-state index in [2.05, 4.69) is 32.0 Å². The summed E-state index contributed by atoms with van der Waals surface area (Å²) in [6.45, 7) is 6.25. The molecule has 0 saturated carbocycles. The maximum absolute atomic E-state index is 12.9. The van der Waals surface area contributed by atoms with Crippen molar-refractivity contribution in [1.29, 1.82) is 0 Å². The molecule has 0 aliphatic rings. The number of hydrogen-bond donors (Lipinski definition) is 1. The normalized spacial score (nSPS) is 14.1. The van der Waals surface area contributed by atoms with Crippen LogP contribution in [0.2, 0.25) is 0 Å². The first-order valence-corrected chi connectivity index (χ1v) is 6.95. The van der Waals surface area contributed by atoms with Gasteiger partial charge in [-0.05, 0) is 56.9 Å². The molecule has 0 aromatic heterocycles. The van der Waals surface area contributed by atoms with Crippen LogP contribution >= 0.6 is 0 Å². The van der Waals surface area contributed by atoms with Crippen LogP contribution in [0.15, 0.2) is 42.5 Å². The summed E-state index contributed by atoms with van der Waals surface area (Å²) < 4.78 is 12.9. The monoisotopic (exact) mass is 271 g/mol. The third-order valence-corrected chi connectivity index (χ3v) is 3.41. The van der Waals surface area contributed by atoms with E-state index in [-0.39, 0.29) is 11.4 Å². The van der Waals surface area contributed by atoms with Crippen molar-refractivity contribution in [3.8, 4) is 0 Å². The summed E-state index contributed by atoms with van der Waals surface area (Å²) in [5.41, 5.74) is 10.9. The summed E-state index contributed by atoms with van der Waals surface area (Å²) in [4.78, 5) is 0. The van der Waals surface area contributed by atoms with E-state index in [0.29, 0.717) is 0 Å². The highest BCUT2D eigenvalue weighted by Crippen LogP contribution is 2.19. The van der Waals surface area contributed by atoms with Crippen molar-refractivity contribution in [2.24, 2.45) is 5.73 Å². The third kappa shape index (κ3) is 4.17. The Morgan fingerprint density at radius 2 is 1.40 bits per heavy atom. The number of aryl methyl sites for hydroxylation is 2. The largest absolute Gasteiger partial charge is 0.325 e. The fourth-order valence-corrected chi connectivity index (χ4v) is 2.77. The van der Waals surface area contributed by atoms with Gasteiger partial charge in [0.15, 0.2) is 0 Å². The molecule has 2 aromatic rings. The van der Waals surface area contributed by atoms with Gasteiger partial charge in [-0.2, -0.15) is 0 Å². The van der Waals surface area contributed by atoms with Crippen LogP contribution in [-0.2, 0) is 12.8 Å². The van der Waals surface area contributed by atoms with Crippen molar-refractivity contribution in [1.82, 2.24) is 0 Å². The average Bonchev–Trinajstić information content (AvgIpc) is 2.29. The first-order valence-electron chi connectivity index (χ1n) is 6.95. The van der Waals surface area contributed by atoms with Gasteiger partial charge < -0.3 is 5.73 Å². The van der Waals surface area contributed by atoms with E-state index >= 15 is 0 Å². The van der Waals surface area contributed by atoms with E-state index in [1.165, 1.54) is 28.8 Å². The van der Waals surface area contributed by atoms with Gasteiger partial charge in [-0.1, -0.05) is 41.5 Å². The maximum Gasteiger partial charge on any atom is 0.123 e.